The molecule has 0 amide bonds. The average molecular weight is 407 g/mol. The first-order chi connectivity index (χ1) is 9.76. The standard InChI is InChI=1S/C15H29N5.HI/c1-4-6-7-8-9-17-15(16-5-2)18-10-11-20-13-14(3)12-19-20;/h12-13H,4-11H2,1-3H3,(H2,16,17,18);1H. The molecule has 0 unspecified atom stereocenters. The third-order valence-electron chi connectivity index (χ3n) is 3.02. The van der Waals surface area contributed by atoms with Gasteiger partial charge in [0, 0.05) is 25.8 Å². The molecule has 1 heterocycles. The Hall–Kier alpha value is -0.790. The minimum atomic E-state index is 0. The molecule has 0 spiro atoms. The lowest BCUT2D eigenvalue weighted by atomic mass is 10.2. The third-order valence-corrected chi connectivity index (χ3v) is 3.02. The second kappa shape index (κ2) is 12.9. The molecule has 1 rings (SSSR count). The first kappa shape index (κ1) is 20.2. The molecule has 0 bridgehead atoms. The molecule has 0 atom stereocenters. The van der Waals surface area contributed by atoms with Gasteiger partial charge >= 0.3 is 0 Å². The van der Waals surface area contributed by atoms with Crippen LogP contribution < -0.4 is 10.6 Å². The van der Waals surface area contributed by atoms with Gasteiger partial charge in [-0.2, -0.15) is 5.10 Å². The van der Waals surface area contributed by atoms with Gasteiger partial charge in [0.2, 0.25) is 0 Å². The summed E-state index contributed by atoms with van der Waals surface area (Å²) in [7, 11) is 0. The Morgan fingerprint density at radius 1 is 1.24 bits per heavy atom. The predicted molar refractivity (Wildman–Crippen MR) is 101 cm³/mol. The van der Waals surface area contributed by atoms with Crippen LogP contribution in [-0.2, 0) is 6.54 Å². The fourth-order valence-corrected chi connectivity index (χ4v) is 1.95. The van der Waals surface area contributed by atoms with E-state index in [1.165, 1.54) is 31.2 Å². The second-order valence-corrected chi connectivity index (χ2v) is 5.03. The van der Waals surface area contributed by atoms with Crippen LogP contribution in [0, 0.1) is 6.92 Å². The molecule has 0 aliphatic carbocycles. The van der Waals surface area contributed by atoms with Gasteiger partial charge in [-0.1, -0.05) is 26.2 Å². The van der Waals surface area contributed by atoms with Gasteiger partial charge in [0.15, 0.2) is 5.96 Å². The first-order valence-corrected chi connectivity index (χ1v) is 7.77. The number of halogens is 1. The second-order valence-electron chi connectivity index (χ2n) is 5.03. The van der Waals surface area contributed by atoms with Crippen molar-refractivity contribution in [2.45, 2.75) is 53.0 Å². The summed E-state index contributed by atoms with van der Waals surface area (Å²) in [5.41, 5.74) is 1.20. The topological polar surface area (TPSA) is 54.2 Å². The SMILES string of the molecule is CCCCCCN=C(NCC)NCCn1cc(C)cn1.I. The number of aryl methyl sites for hydroxylation is 1. The Balaban J connectivity index is 0.00000400. The van der Waals surface area contributed by atoms with Crippen LogP contribution in [0.1, 0.15) is 45.1 Å². The normalized spacial score (nSPS) is 11.1. The summed E-state index contributed by atoms with van der Waals surface area (Å²) in [6, 6.07) is 0. The highest BCUT2D eigenvalue weighted by molar-refractivity contribution is 14.0. The Kier molecular flexibility index (Phi) is 12.4. The molecule has 2 N–H and O–H groups in total. The highest BCUT2D eigenvalue weighted by Crippen LogP contribution is 1.98. The molecule has 0 fully saturated rings. The van der Waals surface area contributed by atoms with Gasteiger partial charge < -0.3 is 10.6 Å². The van der Waals surface area contributed by atoms with Crippen molar-refractivity contribution in [2.75, 3.05) is 19.6 Å². The third kappa shape index (κ3) is 9.71. The van der Waals surface area contributed by atoms with Crippen molar-refractivity contribution in [3.05, 3.63) is 18.0 Å². The van der Waals surface area contributed by atoms with Crippen molar-refractivity contribution >= 4 is 29.9 Å². The quantitative estimate of drug-likeness (QED) is 0.287. The van der Waals surface area contributed by atoms with Crippen molar-refractivity contribution in [3.63, 3.8) is 0 Å². The first-order valence-electron chi connectivity index (χ1n) is 7.77. The van der Waals surface area contributed by atoms with Crippen molar-refractivity contribution < 1.29 is 0 Å². The molecule has 0 aliphatic heterocycles. The van der Waals surface area contributed by atoms with E-state index in [2.05, 4.69) is 47.7 Å². The number of nitrogens with one attached hydrogen (secondary N) is 2. The fourth-order valence-electron chi connectivity index (χ4n) is 1.95. The Morgan fingerprint density at radius 2 is 2.05 bits per heavy atom. The Morgan fingerprint density at radius 3 is 2.67 bits per heavy atom. The molecule has 0 radical (unpaired) electrons. The van der Waals surface area contributed by atoms with Gasteiger partial charge in [0.05, 0.1) is 12.7 Å². The lowest BCUT2D eigenvalue weighted by Crippen LogP contribution is -2.39. The lowest BCUT2D eigenvalue weighted by molar-refractivity contribution is 0.596. The van der Waals surface area contributed by atoms with Crippen LogP contribution in [0.5, 0.6) is 0 Å². The number of hydrogen-bond acceptors (Lipinski definition) is 2. The lowest BCUT2D eigenvalue weighted by Gasteiger charge is -2.11. The van der Waals surface area contributed by atoms with Crippen LogP contribution >= 0.6 is 24.0 Å². The summed E-state index contributed by atoms with van der Waals surface area (Å²) < 4.78 is 1.95. The van der Waals surface area contributed by atoms with Gasteiger partial charge in [-0.05, 0) is 25.8 Å². The van der Waals surface area contributed by atoms with E-state index in [4.69, 9.17) is 0 Å². The summed E-state index contributed by atoms with van der Waals surface area (Å²) in [6.07, 6.45) is 8.95. The van der Waals surface area contributed by atoms with Crippen LogP contribution in [-0.4, -0.2) is 35.4 Å². The number of aromatic nitrogens is 2. The number of guanidine groups is 1. The highest BCUT2D eigenvalue weighted by atomic mass is 127. The number of aliphatic imine (C=N–C) groups is 1. The maximum absolute atomic E-state index is 4.59. The molecular weight excluding hydrogens is 377 g/mol. The van der Waals surface area contributed by atoms with Gasteiger partial charge in [0.25, 0.3) is 0 Å². The summed E-state index contributed by atoms with van der Waals surface area (Å²) in [4.78, 5) is 4.59. The Bertz CT molecular complexity index is 389. The molecule has 5 nitrogen and oxygen atoms in total. The van der Waals surface area contributed by atoms with Crippen LogP contribution in [0.15, 0.2) is 17.4 Å². The smallest absolute Gasteiger partial charge is 0.191 e. The number of rotatable bonds is 9. The van der Waals surface area contributed by atoms with E-state index in [1.807, 2.05) is 10.9 Å². The molecule has 0 saturated carbocycles. The van der Waals surface area contributed by atoms with E-state index in [1.54, 1.807) is 0 Å². The van der Waals surface area contributed by atoms with E-state index in [0.29, 0.717) is 0 Å². The summed E-state index contributed by atoms with van der Waals surface area (Å²) in [5.74, 6) is 0.910. The molecule has 1 aromatic heterocycles. The van der Waals surface area contributed by atoms with Gasteiger partial charge in [-0.15, -0.1) is 24.0 Å². The van der Waals surface area contributed by atoms with E-state index >= 15 is 0 Å². The van der Waals surface area contributed by atoms with Crippen molar-refractivity contribution in [3.8, 4) is 0 Å². The van der Waals surface area contributed by atoms with E-state index in [0.717, 1.165) is 32.1 Å². The molecule has 1 aromatic rings. The molecular formula is C15H30IN5. The van der Waals surface area contributed by atoms with Crippen molar-refractivity contribution in [1.82, 2.24) is 20.4 Å². The van der Waals surface area contributed by atoms with Gasteiger partial charge in [-0.3, -0.25) is 9.67 Å². The minimum Gasteiger partial charge on any atom is -0.357 e. The van der Waals surface area contributed by atoms with Crippen LogP contribution in [0.25, 0.3) is 0 Å². The van der Waals surface area contributed by atoms with Crippen molar-refractivity contribution in [2.24, 2.45) is 4.99 Å². The molecule has 21 heavy (non-hydrogen) atoms. The number of unbranched alkanes of at least 4 members (excludes halogenated alkanes) is 3. The molecule has 0 saturated heterocycles. The molecule has 6 heteroatoms. The molecule has 122 valence electrons. The largest absolute Gasteiger partial charge is 0.357 e. The zero-order valence-corrected chi connectivity index (χ0v) is 15.9. The average Bonchev–Trinajstić information content (AvgIpc) is 2.84. The zero-order chi connectivity index (χ0) is 14.6. The minimum absolute atomic E-state index is 0. The predicted octanol–water partition coefficient (Wildman–Crippen LogP) is 2.94. The van der Waals surface area contributed by atoms with E-state index in [9.17, 15) is 0 Å². The summed E-state index contributed by atoms with van der Waals surface area (Å²) in [5, 5.41) is 10.9. The van der Waals surface area contributed by atoms with Crippen LogP contribution in [0.4, 0.5) is 0 Å². The van der Waals surface area contributed by atoms with E-state index < -0.39 is 0 Å². The number of hydrogen-bond donors (Lipinski definition) is 2. The summed E-state index contributed by atoms with van der Waals surface area (Å²) in [6.45, 7) is 9.85. The maximum Gasteiger partial charge on any atom is 0.191 e. The van der Waals surface area contributed by atoms with Crippen molar-refractivity contribution in [1.29, 1.82) is 0 Å². The monoisotopic (exact) mass is 407 g/mol. The van der Waals surface area contributed by atoms with Crippen LogP contribution in [0.3, 0.4) is 0 Å². The fraction of sp³-hybridized carbons (Fsp3) is 0.733. The molecule has 0 aromatic carbocycles. The maximum atomic E-state index is 4.59. The number of nitrogens with zero attached hydrogens (tertiary/aromatic N) is 3. The van der Waals surface area contributed by atoms with Gasteiger partial charge in [-0.25, -0.2) is 0 Å². The van der Waals surface area contributed by atoms with Crippen LogP contribution in [0.2, 0.25) is 0 Å². The zero-order valence-electron chi connectivity index (χ0n) is 13.6. The van der Waals surface area contributed by atoms with Gasteiger partial charge in [0.1, 0.15) is 0 Å². The summed E-state index contributed by atoms with van der Waals surface area (Å²) >= 11 is 0. The highest BCUT2D eigenvalue weighted by Gasteiger charge is 1.98. The Labute approximate surface area is 146 Å². The molecule has 0 aliphatic rings. The van der Waals surface area contributed by atoms with E-state index in [-0.39, 0.29) is 24.0 Å².